The van der Waals surface area contributed by atoms with E-state index in [1.807, 2.05) is 13.8 Å². The molecule has 0 aliphatic rings. The number of sulfonamides is 1. The molecule has 0 radical (unpaired) electrons. The maximum Gasteiger partial charge on any atom is 0.244 e. The fourth-order valence-corrected chi connectivity index (χ4v) is 2.80. The molecule has 6 nitrogen and oxygen atoms in total. The summed E-state index contributed by atoms with van der Waals surface area (Å²) in [7, 11) is -3.66. The van der Waals surface area contributed by atoms with Gasteiger partial charge in [-0.25, -0.2) is 18.1 Å². The van der Waals surface area contributed by atoms with Crippen molar-refractivity contribution >= 4 is 31.8 Å². The topological polar surface area (TPSA) is 94.3 Å². The van der Waals surface area contributed by atoms with Crippen molar-refractivity contribution in [2.24, 2.45) is 0 Å². The maximum absolute atomic E-state index is 11.9. The second kappa shape index (κ2) is 6.46. The smallest absolute Gasteiger partial charge is 0.244 e. The van der Waals surface area contributed by atoms with E-state index in [0.29, 0.717) is 11.1 Å². The molecule has 102 valence electrons. The van der Waals surface area contributed by atoms with Gasteiger partial charge in [-0.2, -0.15) is 0 Å². The molecule has 1 aromatic heterocycles. The average molecular weight is 338 g/mol. The van der Waals surface area contributed by atoms with Gasteiger partial charge in [-0.15, -0.1) is 0 Å². The lowest BCUT2D eigenvalue weighted by Crippen LogP contribution is -2.29. The van der Waals surface area contributed by atoms with Crippen LogP contribution >= 0.6 is 15.9 Å². The molecule has 18 heavy (non-hydrogen) atoms. The molecule has 0 aliphatic carbocycles. The normalized spacial score (nSPS) is 12.0. The number of nitrogens with zero attached hydrogens (tertiary/aromatic N) is 1. The van der Waals surface area contributed by atoms with E-state index < -0.39 is 10.0 Å². The molecule has 0 saturated carbocycles. The minimum absolute atomic E-state index is 0.0320. The molecule has 1 heterocycles. The van der Waals surface area contributed by atoms with Gasteiger partial charge in [0.1, 0.15) is 10.7 Å². The highest BCUT2D eigenvalue weighted by Crippen LogP contribution is 2.19. The first-order valence-corrected chi connectivity index (χ1v) is 7.63. The highest BCUT2D eigenvalue weighted by molar-refractivity contribution is 9.10. The number of hydrogen-bond acceptors (Lipinski definition) is 5. The van der Waals surface area contributed by atoms with Crippen molar-refractivity contribution in [3.8, 4) is 0 Å². The molecule has 1 aromatic rings. The molecule has 1 rings (SSSR count). The lowest BCUT2D eigenvalue weighted by Gasteiger charge is -2.10. The fourth-order valence-electron chi connectivity index (χ4n) is 1.19. The van der Waals surface area contributed by atoms with Gasteiger partial charge >= 0.3 is 0 Å². The van der Waals surface area contributed by atoms with Crippen LogP contribution in [0.2, 0.25) is 0 Å². The summed E-state index contributed by atoms with van der Waals surface area (Å²) in [5.74, 6) is -0.0320. The predicted octanol–water partition coefficient (Wildman–Crippen LogP) is 1.13. The molecule has 8 heteroatoms. The summed E-state index contributed by atoms with van der Waals surface area (Å²) in [6.07, 6.45) is 1.50. The lowest BCUT2D eigenvalue weighted by atomic mass is 10.5. The zero-order valence-corrected chi connectivity index (χ0v) is 12.6. The van der Waals surface area contributed by atoms with Gasteiger partial charge in [-0.1, -0.05) is 0 Å². The number of nitrogens with one attached hydrogen (secondary N) is 1. The summed E-state index contributed by atoms with van der Waals surface area (Å²) in [5, 5.41) is 0. The van der Waals surface area contributed by atoms with Crippen molar-refractivity contribution in [3.63, 3.8) is 0 Å². The highest BCUT2D eigenvalue weighted by Gasteiger charge is 2.18. The largest absolute Gasteiger partial charge is 0.383 e. The van der Waals surface area contributed by atoms with Crippen molar-refractivity contribution in [2.75, 3.05) is 18.9 Å². The number of aromatic nitrogens is 1. The molecule has 3 N–H and O–H groups in total. The minimum Gasteiger partial charge on any atom is -0.383 e. The first-order valence-electron chi connectivity index (χ1n) is 5.35. The number of hydrogen-bond donors (Lipinski definition) is 2. The standard InChI is InChI=1S/C10H16BrN3O3S/c1-7(2)17-4-3-14-18(15,16)9-5-8(11)6-13-10(9)12/h5-7,14H,3-4H2,1-2H3,(H2,12,13). The van der Waals surface area contributed by atoms with Crippen molar-refractivity contribution in [2.45, 2.75) is 24.8 Å². The Balaban J connectivity index is 2.71. The van der Waals surface area contributed by atoms with Crippen LogP contribution in [0.5, 0.6) is 0 Å². The summed E-state index contributed by atoms with van der Waals surface area (Å²) in [6.45, 7) is 4.25. The Hall–Kier alpha value is -0.700. The monoisotopic (exact) mass is 337 g/mol. The number of ether oxygens (including phenoxy) is 1. The average Bonchev–Trinajstić information content (AvgIpc) is 2.27. The van der Waals surface area contributed by atoms with E-state index >= 15 is 0 Å². The molecule has 0 spiro atoms. The molecule has 0 bridgehead atoms. The summed E-state index contributed by atoms with van der Waals surface area (Å²) in [6, 6.07) is 1.41. The summed E-state index contributed by atoms with van der Waals surface area (Å²) >= 11 is 3.15. The molecular formula is C10H16BrN3O3S. The van der Waals surface area contributed by atoms with Crippen LogP contribution in [0.25, 0.3) is 0 Å². The molecule has 0 aromatic carbocycles. The van der Waals surface area contributed by atoms with E-state index in [-0.39, 0.29) is 23.4 Å². The third-order valence-electron chi connectivity index (χ3n) is 1.98. The van der Waals surface area contributed by atoms with E-state index in [1.165, 1.54) is 12.3 Å². The van der Waals surface area contributed by atoms with E-state index in [1.54, 1.807) is 0 Å². The van der Waals surface area contributed by atoms with Crippen LogP contribution in [0.15, 0.2) is 21.6 Å². The number of pyridine rings is 1. The lowest BCUT2D eigenvalue weighted by molar-refractivity contribution is 0.0834. The fraction of sp³-hybridized carbons (Fsp3) is 0.500. The van der Waals surface area contributed by atoms with Crippen LogP contribution in [-0.2, 0) is 14.8 Å². The van der Waals surface area contributed by atoms with Gasteiger partial charge < -0.3 is 10.5 Å². The van der Waals surface area contributed by atoms with Crippen LogP contribution in [0.3, 0.4) is 0 Å². The quantitative estimate of drug-likeness (QED) is 0.759. The third-order valence-corrected chi connectivity index (χ3v) is 3.91. The second-order valence-corrected chi connectivity index (χ2v) is 6.51. The van der Waals surface area contributed by atoms with Crippen molar-refractivity contribution in [1.82, 2.24) is 9.71 Å². The number of nitrogens with two attached hydrogens (primary N) is 1. The Bertz CT molecular complexity index is 505. The first-order chi connectivity index (χ1) is 8.33. The SMILES string of the molecule is CC(C)OCCNS(=O)(=O)c1cc(Br)cnc1N. The molecule has 0 atom stereocenters. The first kappa shape index (κ1) is 15.4. The molecule has 0 amide bonds. The van der Waals surface area contributed by atoms with E-state index in [0.717, 1.165) is 0 Å². The van der Waals surface area contributed by atoms with Crippen molar-refractivity contribution < 1.29 is 13.2 Å². The van der Waals surface area contributed by atoms with Gasteiger partial charge in [-0.05, 0) is 35.8 Å². The van der Waals surface area contributed by atoms with Gasteiger partial charge in [0.25, 0.3) is 0 Å². The molecule has 0 unspecified atom stereocenters. The van der Waals surface area contributed by atoms with Crippen LogP contribution in [0.1, 0.15) is 13.8 Å². The zero-order chi connectivity index (χ0) is 13.8. The van der Waals surface area contributed by atoms with Gasteiger partial charge in [0.2, 0.25) is 10.0 Å². The zero-order valence-electron chi connectivity index (χ0n) is 10.2. The van der Waals surface area contributed by atoms with Gasteiger partial charge in [0.15, 0.2) is 0 Å². The molecular weight excluding hydrogens is 322 g/mol. The highest BCUT2D eigenvalue weighted by atomic mass is 79.9. The molecule has 0 fully saturated rings. The minimum atomic E-state index is -3.66. The molecule has 0 aliphatic heterocycles. The third kappa shape index (κ3) is 4.52. The second-order valence-electron chi connectivity index (χ2n) is 3.85. The predicted molar refractivity (Wildman–Crippen MR) is 72.6 cm³/mol. The number of rotatable bonds is 6. The van der Waals surface area contributed by atoms with E-state index in [4.69, 9.17) is 10.5 Å². The molecule has 0 saturated heterocycles. The summed E-state index contributed by atoms with van der Waals surface area (Å²) in [5.41, 5.74) is 5.55. The van der Waals surface area contributed by atoms with Crippen LogP contribution < -0.4 is 10.5 Å². The van der Waals surface area contributed by atoms with E-state index in [2.05, 4.69) is 25.6 Å². The van der Waals surface area contributed by atoms with Gasteiger partial charge in [0, 0.05) is 17.2 Å². The van der Waals surface area contributed by atoms with Crippen LogP contribution in [0, 0.1) is 0 Å². The number of nitrogen functional groups attached to an aromatic ring is 1. The van der Waals surface area contributed by atoms with Gasteiger partial charge in [-0.3, -0.25) is 0 Å². The van der Waals surface area contributed by atoms with E-state index in [9.17, 15) is 8.42 Å². The number of halogens is 1. The summed E-state index contributed by atoms with van der Waals surface area (Å²) < 4.78 is 32.1. The Morgan fingerprint density at radius 1 is 1.56 bits per heavy atom. The Morgan fingerprint density at radius 3 is 2.83 bits per heavy atom. The summed E-state index contributed by atoms with van der Waals surface area (Å²) in [4.78, 5) is 3.74. The Morgan fingerprint density at radius 2 is 2.22 bits per heavy atom. The number of anilines is 1. The van der Waals surface area contributed by atoms with Crippen LogP contribution in [-0.4, -0.2) is 32.7 Å². The maximum atomic E-state index is 11.9. The Labute approximate surface area is 115 Å². The van der Waals surface area contributed by atoms with Crippen LogP contribution in [0.4, 0.5) is 5.82 Å². The van der Waals surface area contributed by atoms with Gasteiger partial charge in [0.05, 0.1) is 12.7 Å². The van der Waals surface area contributed by atoms with Crippen molar-refractivity contribution in [3.05, 3.63) is 16.7 Å². The van der Waals surface area contributed by atoms with Crippen molar-refractivity contribution in [1.29, 1.82) is 0 Å². The Kier molecular flexibility index (Phi) is 5.51.